The highest BCUT2D eigenvalue weighted by molar-refractivity contribution is 6.75. The van der Waals surface area contributed by atoms with E-state index in [0.29, 0.717) is 0 Å². The Morgan fingerprint density at radius 2 is 1.71 bits per heavy atom. The van der Waals surface area contributed by atoms with Gasteiger partial charge in [0, 0.05) is 0 Å². The van der Waals surface area contributed by atoms with Gasteiger partial charge in [-0.2, -0.15) is 0 Å². The molecule has 0 radical (unpaired) electrons. The Kier molecular flexibility index (Phi) is 4.39. The molecule has 14 heavy (non-hydrogen) atoms. The van der Waals surface area contributed by atoms with Gasteiger partial charge in [-0.25, -0.2) is 0 Å². The van der Waals surface area contributed by atoms with E-state index in [1.54, 1.807) is 0 Å². The van der Waals surface area contributed by atoms with Crippen molar-refractivity contribution in [2.24, 2.45) is 0 Å². The Labute approximate surface area is 90.3 Å². The van der Waals surface area contributed by atoms with Crippen LogP contribution in [0.4, 0.5) is 0 Å². The summed E-state index contributed by atoms with van der Waals surface area (Å²) in [6.45, 7) is 12.2. The molecule has 1 fully saturated rings. The van der Waals surface area contributed by atoms with Gasteiger partial charge in [0.05, 0.1) is 0 Å². The first-order chi connectivity index (χ1) is 6.52. The molecular formula is C12H25NSi. The number of piperidine rings is 1. The van der Waals surface area contributed by atoms with Crippen LogP contribution in [0.3, 0.4) is 0 Å². The highest BCUT2D eigenvalue weighted by Gasteiger charge is 2.28. The number of nitrogens with zero attached hydrogens (tertiary/aromatic N) is 1. The van der Waals surface area contributed by atoms with Crippen molar-refractivity contribution in [1.29, 1.82) is 0 Å². The number of hydrogen-bond acceptors (Lipinski definition) is 1. The summed E-state index contributed by atoms with van der Waals surface area (Å²) in [6, 6.07) is 1.33. The van der Waals surface area contributed by atoms with Gasteiger partial charge in [-0.1, -0.05) is 31.2 Å². The molecule has 0 aromatic rings. The third-order valence-corrected chi connectivity index (χ3v) is 6.58. The maximum Gasteiger partial charge on any atom is 0.125 e. The first-order valence-electron chi connectivity index (χ1n) is 5.91. The van der Waals surface area contributed by atoms with Crippen molar-refractivity contribution < 1.29 is 0 Å². The lowest BCUT2D eigenvalue weighted by atomic mass is 10.2. The average molecular weight is 211 g/mol. The second-order valence-corrected chi connectivity index (χ2v) is 10.0. The minimum absolute atomic E-state index is 1.11. The fourth-order valence-corrected chi connectivity index (χ4v) is 4.78. The van der Waals surface area contributed by atoms with E-state index in [2.05, 4.69) is 37.6 Å². The minimum Gasteiger partial charge on any atom is -0.323 e. The summed E-state index contributed by atoms with van der Waals surface area (Å²) >= 11 is 0. The van der Waals surface area contributed by atoms with Crippen molar-refractivity contribution in [3.8, 4) is 0 Å². The Hall–Kier alpha value is -0.0831. The summed E-state index contributed by atoms with van der Waals surface area (Å²) < 4.78 is 2.79. The predicted octanol–water partition coefficient (Wildman–Crippen LogP) is 3.64. The highest BCUT2D eigenvalue weighted by Crippen LogP contribution is 2.21. The van der Waals surface area contributed by atoms with Crippen LogP contribution in [0.1, 0.15) is 33.1 Å². The lowest BCUT2D eigenvalue weighted by Gasteiger charge is -2.39. The lowest BCUT2D eigenvalue weighted by Crippen LogP contribution is -2.50. The van der Waals surface area contributed by atoms with Gasteiger partial charge in [0.15, 0.2) is 0 Å². The standard InChI is InChI=1S/C12H25NSi/c1-12(2)8-11-14(3,4)13-9-6-5-7-10-13/h8H,5-7,9-11H2,1-4H3. The third-order valence-electron chi connectivity index (χ3n) is 3.22. The molecule has 0 aromatic carbocycles. The molecule has 1 nitrogen and oxygen atoms in total. The third kappa shape index (κ3) is 3.58. The van der Waals surface area contributed by atoms with Crippen LogP contribution in [-0.4, -0.2) is 25.9 Å². The maximum atomic E-state index is 2.79. The lowest BCUT2D eigenvalue weighted by molar-refractivity contribution is 0.344. The Morgan fingerprint density at radius 3 is 2.21 bits per heavy atom. The van der Waals surface area contributed by atoms with Crippen molar-refractivity contribution in [1.82, 2.24) is 4.57 Å². The van der Waals surface area contributed by atoms with Crippen molar-refractivity contribution in [2.75, 3.05) is 13.1 Å². The van der Waals surface area contributed by atoms with Crippen LogP contribution in [0, 0.1) is 0 Å². The summed E-state index contributed by atoms with van der Waals surface area (Å²) in [5, 5.41) is 0. The largest absolute Gasteiger partial charge is 0.323 e. The molecule has 1 aliphatic heterocycles. The summed E-state index contributed by atoms with van der Waals surface area (Å²) in [6.07, 6.45) is 6.72. The van der Waals surface area contributed by atoms with Crippen LogP contribution in [0.15, 0.2) is 11.6 Å². The summed E-state index contributed by atoms with van der Waals surface area (Å²) in [4.78, 5) is 0. The van der Waals surface area contributed by atoms with Crippen LogP contribution in [0.2, 0.25) is 19.1 Å². The van der Waals surface area contributed by atoms with Gasteiger partial charge in [0.2, 0.25) is 0 Å². The second-order valence-electron chi connectivity index (χ2n) is 5.35. The minimum atomic E-state index is -1.11. The summed E-state index contributed by atoms with van der Waals surface area (Å²) in [5.41, 5.74) is 1.47. The zero-order valence-corrected chi connectivity index (χ0v) is 11.3. The van der Waals surface area contributed by atoms with E-state index >= 15 is 0 Å². The van der Waals surface area contributed by atoms with E-state index in [-0.39, 0.29) is 0 Å². The van der Waals surface area contributed by atoms with Crippen LogP contribution in [-0.2, 0) is 0 Å². The van der Waals surface area contributed by atoms with Gasteiger partial charge in [-0.05, 0) is 45.8 Å². The molecule has 1 saturated heterocycles. The van der Waals surface area contributed by atoms with E-state index in [1.165, 1.54) is 44.0 Å². The maximum absolute atomic E-state index is 2.79. The van der Waals surface area contributed by atoms with E-state index in [0.717, 1.165) is 0 Å². The molecule has 82 valence electrons. The Bertz CT molecular complexity index is 198. The molecule has 0 aromatic heterocycles. The van der Waals surface area contributed by atoms with E-state index in [1.807, 2.05) is 0 Å². The van der Waals surface area contributed by atoms with Crippen molar-refractivity contribution >= 4 is 8.24 Å². The summed E-state index contributed by atoms with van der Waals surface area (Å²) in [7, 11) is -1.11. The first-order valence-corrected chi connectivity index (χ1v) is 9.06. The van der Waals surface area contributed by atoms with Crippen LogP contribution in [0.5, 0.6) is 0 Å². The molecule has 2 heteroatoms. The predicted molar refractivity (Wildman–Crippen MR) is 67.1 cm³/mol. The smallest absolute Gasteiger partial charge is 0.125 e. The fraction of sp³-hybridized carbons (Fsp3) is 0.833. The van der Waals surface area contributed by atoms with Gasteiger partial charge in [-0.3, -0.25) is 0 Å². The normalized spacial score (nSPS) is 19.4. The molecule has 0 bridgehead atoms. The zero-order chi connectivity index (χ0) is 10.6. The molecule has 0 atom stereocenters. The Morgan fingerprint density at radius 1 is 1.14 bits per heavy atom. The molecule has 0 unspecified atom stereocenters. The van der Waals surface area contributed by atoms with E-state index < -0.39 is 8.24 Å². The molecule has 1 heterocycles. The Balaban J connectivity index is 2.49. The fourth-order valence-electron chi connectivity index (χ4n) is 2.08. The topological polar surface area (TPSA) is 3.24 Å². The zero-order valence-electron chi connectivity index (χ0n) is 10.3. The van der Waals surface area contributed by atoms with Gasteiger partial charge in [-0.15, -0.1) is 0 Å². The van der Waals surface area contributed by atoms with Crippen molar-refractivity contribution in [2.45, 2.75) is 52.2 Å². The van der Waals surface area contributed by atoms with E-state index in [9.17, 15) is 0 Å². The van der Waals surface area contributed by atoms with Gasteiger partial charge in [0.1, 0.15) is 8.24 Å². The van der Waals surface area contributed by atoms with Gasteiger partial charge < -0.3 is 4.57 Å². The van der Waals surface area contributed by atoms with Crippen LogP contribution in [0.25, 0.3) is 0 Å². The average Bonchev–Trinajstić information content (AvgIpc) is 2.16. The SMILES string of the molecule is CC(C)=CC[Si](C)(C)N1CCCCC1. The molecular weight excluding hydrogens is 186 g/mol. The number of hydrogen-bond donors (Lipinski definition) is 0. The molecule has 1 rings (SSSR count). The molecule has 0 aliphatic carbocycles. The quantitative estimate of drug-likeness (QED) is 0.509. The molecule has 0 N–H and O–H groups in total. The van der Waals surface area contributed by atoms with Crippen molar-refractivity contribution in [3.63, 3.8) is 0 Å². The summed E-state index contributed by atoms with van der Waals surface area (Å²) in [5.74, 6) is 0. The number of rotatable bonds is 3. The number of allylic oxidation sites excluding steroid dienone is 2. The first kappa shape index (κ1) is 12.0. The molecule has 0 saturated carbocycles. The van der Waals surface area contributed by atoms with Crippen molar-refractivity contribution in [3.05, 3.63) is 11.6 Å². The van der Waals surface area contributed by atoms with Crippen LogP contribution >= 0.6 is 0 Å². The van der Waals surface area contributed by atoms with Crippen LogP contribution < -0.4 is 0 Å². The molecule has 0 spiro atoms. The van der Waals surface area contributed by atoms with Gasteiger partial charge >= 0.3 is 0 Å². The second kappa shape index (κ2) is 5.13. The monoisotopic (exact) mass is 211 g/mol. The highest BCUT2D eigenvalue weighted by atomic mass is 28.3. The molecule has 1 aliphatic rings. The molecule has 0 amide bonds. The van der Waals surface area contributed by atoms with Gasteiger partial charge in [0.25, 0.3) is 0 Å². The van der Waals surface area contributed by atoms with E-state index in [4.69, 9.17) is 0 Å².